The van der Waals surface area contributed by atoms with Gasteiger partial charge in [-0.1, -0.05) is 19.8 Å². The molecule has 1 aliphatic carbocycles. The van der Waals surface area contributed by atoms with E-state index < -0.39 is 5.97 Å². The number of carbonyl (C=O) groups is 2. The molecule has 110 valence electrons. The Bertz CT molecular complexity index is 312. The maximum absolute atomic E-state index is 12.0. The van der Waals surface area contributed by atoms with Crippen LogP contribution in [0.4, 0.5) is 4.79 Å². The predicted octanol–water partition coefficient (Wildman–Crippen LogP) is 2.46. The number of nitrogens with one attached hydrogen (secondary N) is 1. The molecule has 0 aliphatic heterocycles. The number of hydrogen-bond donors (Lipinski definition) is 2. The smallest absolute Gasteiger partial charge is 0.317 e. The highest BCUT2D eigenvalue weighted by atomic mass is 16.4. The van der Waals surface area contributed by atoms with Gasteiger partial charge in [0.05, 0.1) is 6.42 Å². The lowest BCUT2D eigenvalue weighted by atomic mass is 9.83. The molecule has 2 amide bonds. The summed E-state index contributed by atoms with van der Waals surface area (Å²) in [6, 6.07) is -0.136. The van der Waals surface area contributed by atoms with Crippen LogP contribution in [-0.2, 0) is 4.79 Å². The molecule has 0 aromatic heterocycles. The number of aliphatic carboxylic acids is 1. The van der Waals surface area contributed by atoms with Crippen LogP contribution in [0.5, 0.6) is 0 Å². The van der Waals surface area contributed by atoms with Gasteiger partial charge in [0.15, 0.2) is 0 Å². The minimum atomic E-state index is -0.868. The predicted molar refractivity (Wildman–Crippen MR) is 74.1 cm³/mol. The summed E-state index contributed by atoms with van der Waals surface area (Å²) in [6.45, 7) is 5.58. The zero-order chi connectivity index (χ0) is 14.3. The van der Waals surface area contributed by atoms with E-state index in [1.165, 1.54) is 25.7 Å². The maximum Gasteiger partial charge on any atom is 0.317 e. The summed E-state index contributed by atoms with van der Waals surface area (Å²) in [5.41, 5.74) is 0.266. The minimum Gasteiger partial charge on any atom is -0.481 e. The van der Waals surface area contributed by atoms with Crippen molar-refractivity contribution in [2.75, 3.05) is 19.6 Å². The van der Waals surface area contributed by atoms with E-state index in [1.807, 2.05) is 6.92 Å². The first-order valence-electron chi connectivity index (χ1n) is 7.27. The molecule has 0 atom stereocenters. The van der Waals surface area contributed by atoms with E-state index in [9.17, 15) is 9.59 Å². The lowest BCUT2D eigenvalue weighted by Crippen LogP contribution is -2.44. The highest BCUT2D eigenvalue weighted by Crippen LogP contribution is 2.40. The van der Waals surface area contributed by atoms with Crippen molar-refractivity contribution in [3.63, 3.8) is 0 Å². The molecular weight excluding hydrogens is 244 g/mol. The third-order valence-electron chi connectivity index (χ3n) is 4.29. The van der Waals surface area contributed by atoms with Crippen LogP contribution >= 0.6 is 0 Å². The van der Waals surface area contributed by atoms with Gasteiger partial charge in [0.1, 0.15) is 0 Å². The first-order chi connectivity index (χ1) is 9.03. The number of amides is 2. The molecule has 0 radical (unpaired) electrons. The molecule has 0 unspecified atom stereocenters. The average molecular weight is 270 g/mol. The molecule has 0 aromatic carbocycles. The number of hydrogen-bond acceptors (Lipinski definition) is 2. The van der Waals surface area contributed by atoms with Gasteiger partial charge in [-0.15, -0.1) is 0 Å². The first kappa shape index (κ1) is 15.8. The summed E-state index contributed by atoms with van der Waals surface area (Å²) in [7, 11) is 0. The van der Waals surface area contributed by atoms with Crippen LogP contribution in [0.25, 0.3) is 0 Å². The quantitative estimate of drug-likeness (QED) is 0.746. The summed E-state index contributed by atoms with van der Waals surface area (Å²) >= 11 is 0. The Morgan fingerprint density at radius 2 is 1.89 bits per heavy atom. The molecule has 0 saturated heterocycles. The van der Waals surface area contributed by atoms with Gasteiger partial charge in [-0.3, -0.25) is 4.79 Å². The Morgan fingerprint density at radius 1 is 1.26 bits per heavy atom. The number of carboxylic acids is 1. The van der Waals surface area contributed by atoms with Crippen LogP contribution in [0.3, 0.4) is 0 Å². The second-order valence-corrected chi connectivity index (χ2v) is 5.44. The molecule has 1 aliphatic rings. The summed E-state index contributed by atoms with van der Waals surface area (Å²) < 4.78 is 0. The molecule has 2 N–H and O–H groups in total. The number of carbonyl (C=O) groups excluding carboxylic acids is 1. The summed E-state index contributed by atoms with van der Waals surface area (Å²) in [4.78, 5) is 24.1. The van der Waals surface area contributed by atoms with Crippen LogP contribution in [0, 0.1) is 5.41 Å². The molecule has 1 saturated carbocycles. The second-order valence-electron chi connectivity index (χ2n) is 5.44. The van der Waals surface area contributed by atoms with Crippen molar-refractivity contribution < 1.29 is 14.7 Å². The van der Waals surface area contributed by atoms with Crippen molar-refractivity contribution in [1.82, 2.24) is 10.2 Å². The topological polar surface area (TPSA) is 69.6 Å². The molecule has 5 nitrogen and oxygen atoms in total. The van der Waals surface area contributed by atoms with Crippen LogP contribution in [0.15, 0.2) is 0 Å². The molecular formula is C14H26N2O3. The molecule has 0 bridgehead atoms. The second kappa shape index (κ2) is 7.36. The molecule has 0 aromatic rings. The van der Waals surface area contributed by atoms with Crippen molar-refractivity contribution in [1.29, 1.82) is 0 Å². The van der Waals surface area contributed by atoms with Gasteiger partial charge in [-0.25, -0.2) is 4.79 Å². The van der Waals surface area contributed by atoms with E-state index >= 15 is 0 Å². The highest BCUT2D eigenvalue weighted by Gasteiger charge is 2.32. The maximum atomic E-state index is 12.0. The zero-order valence-electron chi connectivity index (χ0n) is 12.1. The van der Waals surface area contributed by atoms with Gasteiger partial charge in [-0.05, 0) is 31.6 Å². The monoisotopic (exact) mass is 270 g/mol. The van der Waals surface area contributed by atoms with Gasteiger partial charge in [-0.2, -0.15) is 0 Å². The van der Waals surface area contributed by atoms with Crippen molar-refractivity contribution in [3.05, 3.63) is 0 Å². The normalized spacial score (nSPS) is 17.2. The Balaban J connectivity index is 2.41. The fraction of sp³-hybridized carbons (Fsp3) is 0.857. The third-order valence-corrected chi connectivity index (χ3v) is 4.29. The van der Waals surface area contributed by atoms with Gasteiger partial charge in [0, 0.05) is 19.6 Å². The van der Waals surface area contributed by atoms with Gasteiger partial charge < -0.3 is 15.3 Å². The molecule has 1 rings (SSSR count). The Morgan fingerprint density at radius 3 is 2.37 bits per heavy atom. The fourth-order valence-electron chi connectivity index (χ4n) is 2.79. The Labute approximate surface area is 115 Å². The van der Waals surface area contributed by atoms with Crippen molar-refractivity contribution in [2.24, 2.45) is 5.41 Å². The third kappa shape index (κ3) is 4.73. The summed E-state index contributed by atoms with van der Waals surface area (Å²) in [5.74, 6) is -0.868. The Kier molecular flexibility index (Phi) is 6.12. The standard InChI is InChI=1S/C14H26N2O3/c1-3-14(8-5-6-9-14)11-15-13(19)16(4-2)10-7-12(17)18/h3-11H2,1-2H3,(H,15,19)(H,17,18). The fourth-order valence-corrected chi connectivity index (χ4v) is 2.79. The van der Waals surface area contributed by atoms with Crippen molar-refractivity contribution in [2.45, 2.75) is 52.4 Å². The first-order valence-corrected chi connectivity index (χ1v) is 7.27. The number of urea groups is 1. The van der Waals surface area contributed by atoms with E-state index in [4.69, 9.17) is 5.11 Å². The van der Waals surface area contributed by atoms with Crippen molar-refractivity contribution in [3.8, 4) is 0 Å². The summed E-state index contributed by atoms with van der Waals surface area (Å²) in [6.07, 6.45) is 5.96. The lowest BCUT2D eigenvalue weighted by molar-refractivity contribution is -0.137. The van der Waals surface area contributed by atoms with Gasteiger partial charge >= 0.3 is 12.0 Å². The van der Waals surface area contributed by atoms with E-state index in [1.54, 1.807) is 4.90 Å². The SMILES string of the molecule is CCN(CCC(=O)O)C(=O)NCC1(CC)CCCC1. The van der Waals surface area contributed by atoms with E-state index in [-0.39, 0.29) is 24.4 Å². The molecule has 1 fully saturated rings. The number of rotatable bonds is 7. The largest absolute Gasteiger partial charge is 0.481 e. The molecule has 0 heterocycles. The van der Waals surface area contributed by atoms with Gasteiger partial charge in [0.2, 0.25) is 0 Å². The van der Waals surface area contributed by atoms with Crippen LogP contribution < -0.4 is 5.32 Å². The van der Waals surface area contributed by atoms with E-state index in [0.717, 1.165) is 6.42 Å². The average Bonchev–Trinajstić information content (AvgIpc) is 2.86. The molecule has 5 heteroatoms. The van der Waals surface area contributed by atoms with Crippen molar-refractivity contribution >= 4 is 12.0 Å². The van der Waals surface area contributed by atoms with Crippen LogP contribution in [0.2, 0.25) is 0 Å². The van der Waals surface area contributed by atoms with Crippen LogP contribution in [0.1, 0.15) is 52.4 Å². The minimum absolute atomic E-state index is 0.000179. The number of nitrogens with zero attached hydrogens (tertiary/aromatic N) is 1. The molecule has 0 spiro atoms. The van der Waals surface area contributed by atoms with E-state index in [2.05, 4.69) is 12.2 Å². The zero-order valence-corrected chi connectivity index (χ0v) is 12.1. The van der Waals surface area contributed by atoms with E-state index in [0.29, 0.717) is 13.1 Å². The van der Waals surface area contributed by atoms with Crippen LogP contribution in [-0.4, -0.2) is 41.6 Å². The highest BCUT2D eigenvalue weighted by molar-refractivity contribution is 5.75. The van der Waals surface area contributed by atoms with Gasteiger partial charge in [0.25, 0.3) is 0 Å². The number of carboxylic acid groups (broad SMARTS) is 1. The summed E-state index contributed by atoms with van der Waals surface area (Å²) in [5, 5.41) is 11.6. The Hall–Kier alpha value is -1.26. The lowest BCUT2D eigenvalue weighted by Gasteiger charge is -2.29. The molecule has 19 heavy (non-hydrogen) atoms.